The van der Waals surface area contributed by atoms with Gasteiger partial charge in [0.25, 0.3) is 0 Å². The monoisotopic (exact) mass is 352 g/mol. The van der Waals surface area contributed by atoms with E-state index in [1.807, 2.05) is 24.3 Å². The SMILES string of the molecule is CCC(NCC(=O)Nc1cccc(Br)c1)C1CCCCC1. The standard InChI is InChI=1S/C17H25BrN2O/c1-2-16(13-7-4-3-5-8-13)19-12-17(21)20-15-10-6-9-14(18)11-15/h6,9-11,13,16,19H,2-5,7-8,12H2,1H3,(H,20,21). The average Bonchev–Trinajstić information content (AvgIpc) is 2.49. The lowest BCUT2D eigenvalue weighted by molar-refractivity contribution is -0.115. The first-order valence-corrected chi connectivity index (χ1v) is 8.77. The molecule has 0 radical (unpaired) electrons. The van der Waals surface area contributed by atoms with Gasteiger partial charge in [-0.05, 0) is 43.4 Å². The van der Waals surface area contributed by atoms with Crippen molar-refractivity contribution in [2.75, 3.05) is 11.9 Å². The van der Waals surface area contributed by atoms with Crippen LogP contribution in [0.4, 0.5) is 5.69 Å². The molecule has 0 aliphatic heterocycles. The molecule has 1 saturated carbocycles. The fraction of sp³-hybridized carbons (Fsp3) is 0.588. The summed E-state index contributed by atoms with van der Waals surface area (Å²) in [6.07, 6.45) is 7.75. The summed E-state index contributed by atoms with van der Waals surface area (Å²) in [5.41, 5.74) is 0.835. The lowest BCUT2D eigenvalue weighted by Gasteiger charge is -2.30. The maximum absolute atomic E-state index is 12.0. The molecule has 1 aliphatic carbocycles. The van der Waals surface area contributed by atoms with E-state index in [9.17, 15) is 4.79 Å². The lowest BCUT2D eigenvalue weighted by Crippen LogP contribution is -2.41. The Morgan fingerprint density at radius 2 is 2.10 bits per heavy atom. The van der Waals surface area contributed by atoms with E-state index in [-0.39, 0.29) is 5.91 Å². The molecule has 1 amide bonds. The largest absolute Gasteiger partial charge is 0.325 e. The van der Waals surface area contributed by atoms with Crippen molar-refractivity contribution in [3.63, 3.8) is 0 Å². The molecule has 1 aromatic rings. The third-order valence-corrected chi connectivity index (χ3v) is 4.79. The quantitative estimate of drug-likeness (QED) is 0.799. The number of halogens is 1. The lowest BCUT2D eigenvalue weighted by atomic mass is 9.83. The Morgan fingerprint density at radius 1 is 1.33 bits per heavy atom. The van der Waals surface area contributed by atoms with Crippen LogP contribution in [0.3, 0.4) is 0 Å². The Kier molecular flexibility index (Phi) is 6.71. The van der Waals surface area contributed by atoms with E-state index in [4.69, 9.17) is 0 Å². The molecule has 3 nitrogen and oxygen atoms in total. The Hall–Kier alpha value is -0.870. The summed E-state index contributed by atoms with van der Waals surface area (Å²) >= 11 is 3.41. The van der Waals surface area contributed by atoms with Crippen LogP contribution in [0.1, 0.15) is 45.4 Å². The molecule has 0 aromatic heterocycles. The summed E-state index contributed by atoms with van der Waals surface area (Å²) in [6, 6.07) is 8.16. The number of amides is 1. The predicted molar refractivity (Wildman–Crippen MR) is 91.4 cm³/mol. The highest BCUT2D eigenvalue weighted by atomic mass is 79.9. The molecule has 1 atom stereocenters. The van der Waals surface area contributed by atoms with Gasteiger partial charge in [0, 0.05) is 16.2 Å². The van der Waals surface area contributed by atoms with Gasteiger partial charge < -0.3 is 10.6 Å². The van der Waals surface area contributed by atoms with Crippen molar-refractivity contribution in [2.45, 2.75) is 51.5 Å². The highest BCUT2D eigenvalue weighted by Gasteiger charge is 2.22. The third kappa shape index (κ3) is 5.44. The fourth-order valence-electron chi connectivity index (χ4n) is 3.18. The Bertz CT molecular complexity index is 458. The molecule has 0 bridgehead atoms. The first-order valence-electron chi connectivity index (χ1n) is 7.98. The fourth-order valence-corrected chi connectivity index (χ4v) is 3.58. The highest BCUT2D eigenvalue weighted by Crippen LogP contribution is 2.27. The molecule has 1 unspecified atom stereocenters. The maximum Gasteiger partial charge on any atom is 0.238 e. The van der Waals surface area contributed by atoms with Crippen LogP contribution < -0.4 is 10.6 Å². The Morgan fingerprint density at radius 3 is 2.76 bits per heavy atom. The van der Waals surface area contributed by atoms with Gasteiger partial charge in [0.2, 0.25) is 5.91 Å². The van der Waals surface area contributed by atoms with E-state index in [0.29, 0.717) is 12.6 Å². The molecule has 4 heteroatoms. The highest BCUT2D eigenvalue weighted by molar-refractivity contribution is 9.10. The van der Waals surface area contributed by atoms with Gasteiger partial charge in [-0.25, -0.2) is 0 Å². The van der Waals surface area contributed by atoms with E-state index in [0.717, 1.165) is 22.5 Å². The Labute approximate surface area is 136 Å². The van der Waals surface area contributed by atoms with Crippen LogP contribution in [0, 0.1) is 5.92 Å². The smallest absolute Gasteiger partial charge is 0.238 e. The van der Waals surface area contributed by atoms with Crippen LogP contribution in [-0.4, -0.2) is 18.5 Å². The van der Waals surface area contributed by atoms with Crippen molar-refractivity contribution in [1.29, 1.82) is 0 Å². The van der Waals surface area contributed by atoms with Gasteiger partial charge in [0.05, 0.1) is 6.54 Å². The molecule has 1 aromatic carbocycles. The van der Waals surface area contributed by atoms with E-state index in [1.54, 1.807) is 0 Å². The van der Waals surface area contributed by atoms with Gasteiger partial charge >= 0.3 is 0 Å². The van der Waals surface area contributed by atoms with Crippen LogP contribution in [0.5, 0.6) is 0 Å². The number of carbonyl (C=O) groups excluding carboxylic acids is 1. The summed E-state index contributed by atoms with van der Waals surface area (Å²) in [7, 11) is 0. The van der Waals surface area contributed by atoms with E-state index < -0.39 is 0 Å². The number of hydrogen-bond donors (Lipinski definition) is 2. The molecule has 2 N–H and O–H groups in total. The number of nitrogens with one attached hydrogen (secondary N) is 2. The molecule has 0 heterocycles. The van der Waals surface area contributed by atoms with Gasteiger partial charge in [-0.2, -0.15) is 0 Å². The molecule has 0 saturated heterocycles. The molecule has 1 aliphatic rings. The van der Waals surface area contributed by atoms with Crippen LogP contribution >= 0.6 is 15.9 Å². The molecule has 1 fully saturated rings. The zero-order chi connectivity index (χ0) is 15.1. The van der Waals surface area contributed by atoms with Crippen LogP contribution in [0.25, 0.3) is 0 Å². The molecule has 2 rings (SSSR count). The first kappa shape index (κ1) is 16.5. The van der Waals surface area contributed by atoms with E-state index in [1.165, 1.54) is 32.1 Å². The molecule has 21 heavy (non-hydrogen) atoms. The van der Waals surface area contributed by atoms with Crippen molar-refractivity contribution in [3.8, 4) is 0 Å². The maximum atomic E-state index is 12.0. The van der Waals surface area contributed by atoms with Gasteiger partial charge in [0.15, 0.2) is 0 Å². The zero-order valence-corrected chi connectivity index (χ0v) is 14.3. The minimum Gasteiger partial charge on any atom is -0.325 e. The van der Waals surface area contributed by atoms with E-state index in [2.05, 4.69) is 33.5 Å². The summed E-state index contributed by atoms with van der Waals surface area (Å²) in [4.78, 5) is 12.0. The second kappa shape index (κ2) is 8.54. The van der Waals surface area contributed by atoms with E-state index >= 15 is 0 Å². The molecule has 0 spiro atoms. The summed E-state index contributed by atoms with van der Waals surface area (Å²) in [5.74, 6) is 0.768. The zero-order valence-electron chi connectivity index (χ0n) is 12.7. The van der Waals surface area contributed by atoms with Gasteiger partial charge in [-0.1, -0.05) is 48.2 Å². The van der Waals surface area contributed by atoms with Crippen LogP contribution in [0.15, 0.2) is 28.7 Å². The molecule has 116 valence electrons. The normalized spacial score (nSPS) is 17.4. The number of rotatable bonds is 6. The topological polar surface area (TPSA) is 41.1 Å². The van der Waals surface area contributed by atoms with Gasteiger partial charge in [-0.15, -0.1) is 0 Å². The number of carbonyl (C=O) groups is 1. The minimum absolute atomic E-state index is 0.0300. The second-order valence-corrected chi connectivity index (χ2v) is 6.77. The van der Waals surface area contributed by atoms with Crippen molar-refractivity contribution >= 4 is 27.5 Å². The first-order chi connectivity index (χ1) is 10.2. The summed E-state index contributed by atoms with van der Waals surface area (Å²) in [6.45, 7) is 2.60. The van der Waals surface area contributed by atoms with Crippen LogP contribution in [-0.2, 0) is 4.79 Å². The minimum atomic E-state index is 0.0300. The molecular formula is C17H25BrN2O. The summed E-state index contributed by atoms with van der Waals surface area (Å²) in [5, 5.41) is 6.38. The second-order valence-electron chi connectivity index (χ2n) is 5.85. The molecular weight excluding hydrogens is 328 g/mol. The number of hydrogen-bond acceptors (Lipinski definition) is 2. The third-order valence-electron chi connectivity index (χ3n) is 4.29. The van der Waals surface area contributed by atoms with Gasteiger partial charge in [0.1, 0.15) is 0 Å². The Balaban J connectivity index is 1.79. The van der Waals surface area contributed by atoms with Crippen molar-refractivity contribution in [3.05, 3.63) is 28.7 Å². The van der Waals surface area contributed by atoms with Crippen molar-refractivity contribution in [2.24, 2.45) is 5.92 Å². The number of benzene rings is 1. The van der Waals surface area contributed by atoms with Crippen molar-refractivity contribution in [1.82, 2.24) is 5.32 Å². The van der Waals surface area contributed by atoms with Crippen molar-refractivity contribution < 1.29 is 4.79 Å². The van der Waals surface area contributed by atoms with Gasteiger partial charge in [-0.3, -0.25) is 4.79 Å². The van der Waals surface area contributed by atoms with Crippen LogP contribution in [0.2, 0.25) is 0 Å². The predicted octanol–water partition coefficient (Wildman–Crippen LogP) is 4.34. The summed E-state index contributed by atoms with van der Waals surface area (Å²) < 4.78 is 0.974. The number of anilines is 1. The average molecular weight is 353 g/mol.